The van der Waals surface area contributed by atoms with Crippen LogP contribution in [0.5, 0.6) is 0 Å². The predicted molar refractivity (Wildman–Crippen MR) is 91.6 cm³/mol. The van der Waals surface area contributed by atoms with Gasteiger partial charge in [0.1, 0.15) is 11.6 Å². The second-order valence-electron chi connectivity index (χ2n) is 5.53. The van der Waals surface area contributed by atoms with Gasteiger partial charge in [0.05, 0.1) is 10.6 Å². The van der Waals surface area contributed by atoms with Crippen molar-refractivity contribution in [1.29, 1.82) is 0 Å². The van der Waals surface area contributed by atoms with Gasteiger partial charge < -0.3 is 5.32 Å². The highest BCUT2D eigenvalue weighted by Crippen LogP contribution is 2.27. The Morgan fingerprint density at radius 3 is 2.08 bits per heavy atom. The van der Waals surface area contributed by atoms with E-state index >= 15 is 0 Å². The highest BCUT2D eigenvalue weighted by Gasteiger charge is 2.22. The van der Waals surface area contributed by atoms with Crippen LogP contribution < -0.4 is 5.32 Å². The van der Waals surface area contributed by atoms with Gasteiger partial charge in [0.15, 0.2) is 0 Å². The van der Waals surface area contributed by atoms with Crippen molar-refractivity contribution < 1.29 is 17.2 Å². The lowest BCUT2D eigenvalue weighted by Gasteiger charge is -2.10. The summed E-state index contributed by atoms with van der Waals surface area (Å²) in [5.74, 6) is -0.917. The molecule has 1 aromatic heterocycles. The summed E-state index contributed by atoms with van der Waals surface area (Å²) in [7, 11) is -2.16. The molecule has 0 saturated carbocycles. The molecule has 0 aliphatic heterocycles. The number of benzene rings is 2. The van der Waals surface area contributed by atoms with Crippen molar-refractivity contribution >= 4 is 10.0 Å². The number of rotatable bonds is 5. The fourth-order valence-corrected chi connectivity index (χ4v) is 3.95. The zero-order chi connectivity index (χ0) is 18.0. The summed E-state index contributed by atoms with van der Waals surface area (Å²) in [5.41, 5.74) is 1.73. The van der Waals surface area contributed by atoms with E-state index in [4.69, 9.17) is 0 Å². The lowest BCUT2D eigenvalue weighted by Crippen LogP contribution is -2.13. The maximum atomic E-state index is 13.2. The molecule has 2 aromatic carbocycles. The van der Waals surface area contributed by atoms with Gasteiger partial charge in [0.2, 0.25) is 0 Å². The minimum absolute atomic E-state index is 0.0242. The molecular formula is C18H16F2N2O2S. The fourth-order valence-electron chi connectivity index (χ4n) is 2.55. The topological polar surface area (TPSA) is 51.1 Å². The summed E-state index contributed by atoms with van der Waals surface area (Å²) in [5, 5.41) is 2.97. The van der Waals surface area contributed by atoms with Crippen LogP contribution in [0.25, 0.3) is 11.3 Å². The van der Waals surface area contributed by atoms with Crippen LogP contribution in [0, 0.1) is 11.6 Å². The Hall–Kier alpha value is -2.51. The molecule has 0 fully saturated rings. The molecule has 0 spiro atoms. The number of hydrogen-bond acceptors (Lipinski definition) is 3. The third-order valence-corrected chi connectivity index (χ3v) is 5.42. The van der Waals surface area contributed by atoms with Gasteiger partial charge in [-0.3, -0.25) is 0 Å². The SMILES string of the molecule is CNCc1cc(-c2ccc(F)cc2)n(S(=O)(=O)c2ccc(F)cc2)c1. The predicted octanol–water partition coefficient (Wildman–Crippen LogP) is 3.39. The van der Waals surface area contributed by atoms with Crippen molar-refractivity contribution in [3.63, 3.8) is 0 Å². The molecule has 0 amide bonds. The van der Waals surface area contributed by atoms with E-state index in [1.807, 2.05) is 0 Å². The molecule has 7 heteroatoms. The molecule has 0 bridgehead atoms. The molecule has 0 radical (unpaired) electrons. The highest BCUT2D eigenvalue weighted by molar-refractivity contribution is 7.90. The van der Waals surface area contributed by atoms with Crippen LogP contribution in [0.4, 0.5) is 8.78 Å². The summed E-state index contributed by atoms with van der Waals surface area (Å²) in [6, 6.07) is 11.9. The molecule has 0 aliphatic carbocycles. The molecule has 1 heterocycles. The van der Waals surface area contributed by atoms with E-state index in [0.717, 1.165) is 21.7 Å². The Balaban J connectivity index is 2.16. The number of aromatic nitrogens is 1. The van der Waals surface area contributed by atoms with Crippen molar-refractivity contribution in [2.75, 3.05) is 7.05 Å². The first-order chi connectivity index (χ1) is 11.9. The van der Waals surface area contributed by atoms with E-state index in [1.54, 1.807) is 13.1 Å². The number of halogens is 2. The van der Waals surface area contributed by atoms with Crippen LogP contribution in [0.1, 0.15) is 5.56 Å². The van der Waals surface area contributed by atoms with Gasteiger partial charge in [-0.05, 0) is 72.8 Å². The van der Waals surface area contributed by atoms with E-state index in [-0.39, 0.29) is 4.90 Å². The Kier molecular flexibility index (Phi) is 4.69. The van der Waals surface area contributed by atoms with E-state index in [0.29, 0.717) is 17.8 Å². The van der Waals surface area contributed by atoms with Gasteiger partial charge in [0.25, 0.3) is 10.0 Å². The quantitative estimate of drug-likeness (QED) is 0.757. The minimum Gasteiger partial charge on any atom is -0.316 e. The molecular weight excluding hydrogens is 346 g/mol. The zero-order valence-electron chi connectivity index (χ0n) is 13.4. The van der Waals surface area contributed by atoms with Gasteiger partial charge >= 0.3 is 0 Å². The Bertz CT molecular complexity index is 979. The Morgan fingerprint density at radius 2 is 1.52 bits per heavy atom. The van der Waals surface area contributed by atoms with Gasteiger partial charge in [-0.2, -0.15) is 0 Å². The molecule has 130 valence electrons. The first-order valence-corrected chi connectivity index (χ1v) is 8.99. The first kappa shape index (κ1) is 17.3. The summed E-state index contributed by atoms with van der Waals surface area (Å²) in [6.45, 7) is 0.472. The van der Waals surface area contributed by atoms with Crippen molar-refractivity contribution in [2.45, 2.75) is 11.4 Å². The van der Waals surface area contributed by atoms with Crippen molar-refractivity contribution in [3.8, 4) is 11.3 Å². The van der Waals surface area contributed by atoms with E-state index in [9.17, 15) is 17.2 Å². The summed E-state index contributed by atoms with van der Waals surface area (Å²) < 4.78 is 53.4. The molecule has 4 nitrogen and oxygen atoms in total. The van der Waals surface area contributed by atoms with Crippen LogP contribution in [0.15, 0.2) is 65.7 Å². The van der Waals surface area contributed by atoms with Crippen LogP contribution >= 0.6 is 0 Å². The molecule has 0 unspecified atom stereocenters. The zero-order valence-corrected chi connectivity index (χ0v) is 14.2. The average molecular weight is 362 g/mol. The molecule has 25 heavy (non-hydrogen) atoms. The van der Waals surface area contributed by atoms with Crippen molar-refractivity contribution in [2.24, 2.45) is 0 Å². The maximum Gasteiger partial charge on any atom is 0.268 e. The van der Waals surface area contributed by atoms with E-state index in [2.05, 4.69) is 5.32 Å². The second kappa shape index (κ2) is 6.78. The minimum atomic E-state index is -3.91. The van der Waals surface area contributed by atoms with E-state index in [1.165, 1.54) is 42.6 Å². The third-order valence-electron chi connectivity index (χ3n) is 3.73. The fraction of sp³-hybridized carbons (Fsp3) is 0.111. The molecule has 0 aliphatic rings. The maximum absolute atomic E-state index is 13.2. The lowest BCUT2D eigenvalue weighted by molar-refractivity contribution is 0.587. The lowest BCUT2D eigenvalue weighted by atomic mass is 10.1. The van der Waals surface area contributed by atoms with Crippen LogP contribution in [-0.2, 0) is 16.6 Å². The van der Waals surface area contributed by atoms with Crippen LogP contribution in [0.3, 0.4) is 0 Å². The van der Waals surface area contributed by atoms with Crippen LogP contribution in [0.2, 0.25) is 0 Å². The van der Waals surface area contributed by atoms with Gasteiger partial charge in [-0.1, -0.05) is 0 Å². The highest BCUT2D eigenvalue weighted by atomic mass is 32.2. The van der Waals surface area contributed by atoms with E-state index < -0.39 is 21.7 Å². The summed E-state index contributed by atoms with van der Waals surface area (Å²) in [4.78, 5) is -0.0242. The Morgan fingerprint density at radius 1 is 0.960 bits per heavy atom. The van der Waals surface area contributed by atoms with Gasteiger partial charge in [-0.15, -0.1) is 0 Å². The first-order valence-electron chi connectivity index (χ1n) is 7.55. The van der Waals surface area contributed by atoms with Crippen molar-refractivity contribution in [3.05, 3.63) is 78.0 Å². The molecule has 0 atom stereocenters. The summed E-state index contributed by atoms with van der Waals surface area (Å²) >= 11 is 0. The van der Waals surface area contributed by atoms with Gasteiger partial charge in [0, 0.05) is 12.7 Å². The monoisotopic (exact) mass is 362 g/mol. The molecule has 1 N–H and O–H groups in total. The standard InChI is InChI=1S/C18H16F2N2O2S/c1-21-11-13-10-18(14-2-4-15(19)5-3-14)22(12-13)25(23,24)17-8-6-16(20)7-9-17/h2-10,12,21H,11H2,1H3. The largest absolute Gasteiger partial charge is 0.316 e. The van der Waals surface area contributed by atoms with Crippen LogP contribution in [-0.4, -0.2) is 19.4 Å². The third kappa shape index (κ3) is 3.47. The average Bonchev–Trinajstić information content (AvgIpc) is 3.01. The second-order valence-corrected chi connectivity index (χ2v) is 7.34. The molecule has 3 rings (SSSR count). The summed E-state index contributed by atoms with van der Waals surface area (Å²) in [6.07, 6.45) is 1.51. The van der Waals surface area contributed by atoms with Crippen molar-refractivity contribution in [1.82, 2.24) is 9.29 Å². The number of nitrogens with one attached hydrogen (secondary N) is 1. The smallest absolute Gasteiger partial charge is 0.268 e. The Labute approximate surface area is 144 Å². The number of nitrogens with zero attached hydrogens (tertiary/aromatic N) is 1. The molecule has 3 aromatic rings. The number of hydrogen-bond donors (Lipinski definition) is 1. The normalized spacial score (nSPS) is 11.6. The van der Waals surface area contributed by atoms with Gasteiger partial charge in [-0.25, -0.2) is 21.2 Å². The molecule has 0 saturated heterocycles.